The van der Waals surface area contributed by atoms with Crippen molar-refractivity contribution in [1.82, 2.24) is 0 Å². The van der Waals surface area contributed by atoms with E-state index in [2.05, 4.69) is 10.6 Å². The quantitative estimate of drug-likeness (QED) is 0.811. The van der Waals surface area contributed by atoms with Gasteiger partial charge >= 0.3 is 0 Å². The molecular formula is C16H12Cl2N2O2S. The van der Waals surface area contributed by atoms with Crippen LogP contribution in [0.4, 0.5) is 11.4 Å². The lowest BCUT2D eigenvalue weighted by atomic mass is 10.1. The fourth-order valence-electron chi connectivity index (χ4n) is 2.14. The van der Waals surface area contributed by atoms with Gasteiger partial charge in [-0.1, -0.05) is 23.2 Å². The molecule has 4 nitrogen and oxygen atoms in total. The average molecular weight is 367 g/mol. The third-order valence-electron chi connectivity index (χ3n) is 3.35. The Kier molecular flexibility index (Phi) is 4.53. The highest BCUT2D eigenvalue weighted by Gasteiger charge is 2.23. The molecule has 1 aliphatic rings. The zero-order chi connectivity index (χ0) is 16.6. The zero-order valence-corrected chi connectivity index (χ0v) is 14.4. The monoisotopic (exact) mass is 366 g/mol. The molecule has 3 rings (SSSR count). The minimum atomic E-state index is -0.310. The summed E-state index contributed by atoms with van der Waals surface area (Å²) in [5, 5.41) is 6.25. The van der Waals surface area contributed by atoms with Gasteiger partial charge < -0.3 is 10.6 Å². The summed E-state index contributed by atoms with van der Waals surface area (Å²) in [5.74, 6) is -0.379. The standard InChI is InChI=1S/C16H12Cl2N2O2S/c1-8-15(21)20-13-6-9(2-5-14(13)23-8)16(22)19-12-4-3-10(17)7-11(12)18/h2-8H,1H3,(H,19,22)(H,20,21)/t8-/m0/s1. The maximum absolute atomic E-state index is 12.4. The van der Waals surface area contributed by atoms with Crippen molar-refractivity contribution in [3.8, 4) is 0 Å². The lowest BCUT2D eigenvalue weighted by molar-refractivity contribution is -0.115. The number of fused-ring (bicyclic) bond motifs is 1. The largest absolute Gasteiger partial charge is 0.324 e. The molecule has 0 radical (unpaired) electrons. The Morgan fingerprint density at radius 1 is 1.22 bits per heavy atom. The van der Waals surface area contributed by atoms with Crippen LogP contribution in [0, 0.1) is 0 Å². The molecule has 0 unspecified atom stereocenters. The van der Waals surface area contributed by atoms with Crippen LogP contribution in [0.3, 0.4) is 0 Å². The zero-order valence-electron chi connectivity index (χ0n) is 12.0. The van der Waals surface area contributed by atoms with Crippen LogP contribution in [0.1, 0.15) is 17.3 Å². The summed E-state index contributed by atoms with van der Waals surface area (Å²) in [6.07, 6.45) is 0. The molecule has 0 saturated heterocycles. The lowest BCUT2D eigenvalue weighted by Gasteiger charge is -2.21. The number of rotatable bonds is 2. The van der Waals surface area contributed by atoms with Gasteiger partial charge in [-0.3, -0.25) is 9.59 Å². The van der Waals surface area contributed by atoms with Crippen LogP contribution in [0.2, 0.25) is 10.0 Å². The maximum atomic E-state index is 12.4. The number of thioether (sulfide) groups is 1. The third-order valence-corrected chi connectivity index (χ3v) is 5.08. The number of hydrogen-bond acceptors (Lipinski definition) is 3. The summed E-state index contributed by atoms with van der Waals surface area (Å²) in [7, 11) is 0. The summed E-state index contributed by atoms with van der Waals surface area (Å²) < 4.78 is 0. The second-order valence-corrected chi connectivity index (χ2v) is 7.26. The van der Waals surface area contributed by atoms with Gasteiger partial charge in [0, 0.05) is 15.5 Å². The predicted octanol–water partition coefficient (Wildman–Crippen LogP) is 4.68. The third kappa shape index (κ3) is 3.47. The number of hydrogen-bond donors (Lipinski definition) is 2. The van der Waals surface area contributed by atoms with E-state index in [4.69, 9.17) is 23.2 Å². The Bertz CT molecular complexity index is 811. The number of amides is 2. The minimum Gasteiger partial charge on any atom is -0.324 e. The van der Waals surface area contributed by atoms with Gasteiger partial charge in [-0.05, 0) is 43.3 Å². The smallest absolute Gasteiger partial charge is 0.255 e. The molecule has 0 bridgehead atoms. The summed E-state index contributed by atoms with van der Waals surface area (Å²) in [5.41, 5.74) is 1.56. The van der Waals surface area contributed by atoms with Gasteiger partial charge in [0.05, 0.1) is 21.6 Å². The first-order valence-electron chi connectivity index (χ1n) is 6.82. The molecule has 23 heavy (non-hydrogen) atoms. The molecule has 7 heteroatoms. The number of carbonyl (C=O) groups is 2. The van der Waals surface area contributed by atoms with Crippen LogP contribution in [-0.4, -0.2) is 17.1 Å². The SMILES string of the molecule is C[C@@H]1Sc2ccc(C(=O)Nc3ccc(Cl)cc3Cl)cc2NC1=O. The van der Waals surface area contributed by atoms with Gasteiger partial charge in [0.1, 0.15) is 0 Å². The Balaban J connectivity index is 1.83. The molecule has 1 atom stereocenters. The van der Waals surface area contributed by atoms with Crippen LogP contribution < -0.4 is 10.6 Å². The van der Waals surface area contributed by atoms with Gasteiger partial charge in [0.25, 0.3) is 5.91 Å². The van der Waals surface area contributed by atoms with E-state index in [1.165, 1.54) is 11.8 Å². The number of anilines is 2. The molecule has 0 fully saturated rings. The Hall–Kier alpha value is -1.69. The van der Waals surface area contributed by atoms with Crippen LogP contribution >= 0.6 is 35.0 Å². The second-order valence-electron chi connectivity index (χ2n) is 5.04. The molecule has 2 N–H and O–H groups in total. The van der Waals surface area contributed by atoms with Crippen LogP contribution in [0.15, 0.2) is 41.3 Å². The van der Waals surface area contributed by atoms with Gasteiger partial charge in [-0.15, -0.1) is 11.8 Å². The van der Waals surface area contributed by atoms with Crippen LogP contribution in [-0.2, 0) is 4.79 Å². The highest BCUT2D eigenvalue weighted by atomic mass is 35.5. The van der Waals surface area contributed by atoms with Crippen molar-refractivity contribution in [1.29, 1.82) is 0 Å². The van der Waals surface area contributed by atoms with E-state index >= 15 is 0 Å². The van der Waals surface area contributed by atoms with Crippen molar-refractivity contribution < 1.29 is 9.59 Å². The molecule has 0 aromatic heterocycles. The predicted molar refractivity (Wildman–Crippen MR) is 94.8 cm³/mol. The molecule has 2 aromatic carbocycles. The molecule has 1 heterocycles. The van der Waals surface area contributed by atoms with Crippen molar-refractivity contribution >= 4 is 58.2 Å². The highest BCUT2D eigenvalue weighted by molar-refractivity contribution is 8.00. The molecule has 0 spiro atoms. The first kappa shape index (κ1) is 16.2. The van der Waals surface area contributed by atoms with Crippen LogP contribution in [0.25, 0.3) is 0 Å². The van der Waals surface area contributed by atoms with E-state index in [0.29, 0.717) is 27.0 Å². The second kappa shape index (κ2) is 6.43. The number of halogens is 2. The van der Waals surface area contributed by atoms with Gasteiger partial charge in [0.2, 0.25) is 5.91 Å². The fraction of sp³-hybridized carbons (Fsp3) is 0.125. The van der Waals surface area contributed by atoms with Crippen molar-refractivity contribution in [3.05, 3.63) is 52.0 Å². The number of nitrogens with one attached hydrogen (secondary N) is 2. The number of benzene rings is 2. The minimum absolute atomic E-state index is 0.0687. The van der Waals surface area contributed by atoms with E-state index in [0.717, 1.165) is 4.90 Å². The van der Waals surface area contributed by atoms with E-state index in [-0.39, 0.29) is 17.1 Å². The Morgan fingerprint density at radius 2 is 2.00 bits per heavy atom. The molecule has 118 valence electrons. The van der Waals surface area contributed by atoms with Crippen molar-refractivity contribution in [2.45, 2.75) is 17.1 Å². The maximum Gasteiger partial charge on any atom is 0.255 e. The highest BCUT2D eigenvalue weighted by Crippen LogP contribution is 2.36. The topological polar surface area (TPSA) is 58.2 Å². The number of carbonyl (C=O) groups excluding carboxylic acids is 2. The lowest BCUT2D eigenvalue weighted by Crippen LogP contribution is -2.26. The van der Waals surface area contributed by atoms with Crippen molar-refractivity contribution in [2.75, 3.05) is 10.6 Å². The Morgan fingerprint density at radius 3 is 2.74 bits per heavy atom. The van der Waals surface area contributed by atoms with Crippen molar-refractivity contribution in [2.24, 2.45) is 0 Å². The summed E-state index contributed by atoms with van der Waals surface area (Å²) in [6.45, 7) is 1.84. The summed E-state index contributed by atoms with van der Waals surface area (Å²) in [6, 6.07) is 10.0. The van der Waals surface area contributed by atoms with Gasteiger partial charge in [-0.2, -0.15) is 0 Å². The molecule has 1 aliphatic heterocycles. The molecule has 0 saturated carbocycles. The molecular weight excluding hydrogens is 355 g/mol. The summed E-state index contributed by atoms with van der Waals surface area (Å²) in [4.78, 5) is 25.0. The Labute approximate surface area is 147 Å². The van der Waals surface area contributed by atoms with E-state index in [1.807, 2.05) is 13.0 Å². The molecule has 0 aliphatic carbocycles. The fourth-order valence-corrected chi connectivity index (χ4v) is 3.52. The van der Waals surface area contributed by atoms with E-state index in [9.17, 15) is 9.59 Å². The molecule has 2 aromatic rings. The van der Waals surface area contributed by atoms with Gasteiger partial charge in [0.15, 0.2) is 0 Å². The van der Waals surface area contributed by atoms with Crippen LogP contribution in [0.5, 0.6) is 0 Å². The van der Waals surface area contributed by atoms with E-state index < -0.39 is 0 Å². The summed E-state index contributed by atoms with van der Waals surface area (Å²) >= 11 is 13.4. The van der Waals surface area contributed by atoms with E-state index in [1.54, 1.807) is 30.3 Å². The van der Waals surface area contributed by atoms with Gasteiger partial charge in [-0.25, -0.2) is 0 Å². The normalized spacial score (nSPS) is 16.5. The van der Waals surface area contributed by atoms with Crippen molar-refractivity contribution in [3.63, 3.8) is 0 Å². The first-order valence-corrected chi connectivity index (χ1v) is 8.45. The first-order chi connectivity index (χ1) is 10.9. The molecule has 2 amide bonds. The average Bonchev–Trinajstić information content (AvgIpc) is 2.50.